The minimum Gasteiger partial charge on any atom is -0.313 e. The molecule has 2 aromatic rings. The molecule has 2 aromatic carbocycles. The van der Waals surface area contributed by atoms with Crippen molar-refractivity contribution in [2.45, 2.75) is 18.9 Å². The first-order valence-electron chi connectivity index (χ1n) is 6.14. The zero-order valence-electron chi connectivity index (χ0n) is 9.91. The van der Waals surface area contributed by atoms with E-state index in [-0.39, 0.29) is 0 Å². The van der Waals surface area contributed by atoms with E-state index in [1.807, 2.05) is 0 Å². The van der Waals surface area contributed by atoms with E-state index in [1.54, 1.807) is 0 Å². The van der Waals surface area contributed by atoms with Crippen LogP contribution in [-0.4, -0.2) is 7.05 Å². The Hall–Kier alpha value is -0.860. The summed E-state index contributed by atoms with van der Waals surface area (Å²) in [5.41, 5.74) is 1.42. The Morgan fingerprint density at radius 3 is 2.53 bits per heavy atom. The number of halogens is 1. The van der Waals surface area contributed by atoms with Crippen LogP contribution in [0.3, 0.4) is 0 Å². The van der Waals surface area contributed by atoms with E-state index in [9.17, 15) is 0 Å². The lowest BCUT2D eigenvalue weighted by atomic mass is 9.99. The maximum atomic E-state index is 3.51. The van der Waals surface area contributed by atoms with Crippen LogP contribution in [0.15, 0.2) is 40.9 Å². The molecule has 0 bridgehead atoms. The van der Waals surface area contributed by atoms with Crippen LogP contribution in [0.1, 0.15) is 24.4 Å². The molecule has 1 N–H and O–H groups in total. The molecule has 0 spiro atoms. The summed E-state index contributed by atoms with van der Waals surface area (Å²) >= 11 is 3.51. The first-order chi connectivity index (χ1) is 8.28. The first kappa shape index (κ1) is 11.2. The number of fused-ring (bicyclic) bond motifs is 1. The average molecular weight is 290 g/mol. The largest absolute Gasteiger partial charge is 0.313 e. The third-order valence-electron chi connectivity index (χ3n) is 3.59. The van der Waals surface area contributed by atoms with Gasteiger partial charge < -0.3 is 5.32 Å². The summed E-state index contributed by atoms with van der Waals surface area (Å²) in [6, 6.07) is 13.8. The monoisotopic (exact) mass is 289 g/mol. The lowest BCUT2D eigenvalue weighted by Gasteiger charge is -2.16. The molecule has 0 aliphatic heterocycles. The van der Waals surface area contributed by atoms with E-state index in [2.05, 4.69) is 64.7 Å². The van der Waals surface area contributed by atoms with Gasteiger partial charge in [0.1, 0.15) is 0 Å². The second-order valence-corrected chi connectivity index (χ2v) is 5.77. The van der Waals surface area contributed by atoms with Crippen molar-refractivity contribution >= 4 is 26.7 Å². The van der Waals surface area contributed by atoms with Crippen molar-refractivity contribution in [3.63, 3.8) is 0 Å². The third-order valence-corrected chi connectivity index (χ3v) is 4.08. The van der Waals surface area contributed by atoms with Crippen molar-refractivity contribution in [3.05, 3.63) is 46.4 Å². The zero-order valence-corrected chi connectivity index (χ0v) is 11.5. The van der Waals surface area contributed by atoms with Gasteiger partial charge in [0.15, 0.2) is 0 Å². The van der Waals surface area contributed by atoms with Crippen molar-refractivity contribution in [3.8, 4) is 0 Å². The molecule has 17 heavy (non-hydrogen) atoms. The summed E-state index contributed by atoms with van der Waals surface area (Å²) in [7, 11) is 2.06. The molecule has 0 radical (unpaired) electrons. The Labute approximate surface area is 110 Å². The van der Waals surface area contributed by atoms with Crippen LogP contribution in [0, 0.1) is 5.92 Å². The molecule has 1 fully saturated rings. The van der Waals surface area contributed by atoms with Crippen molar-refractivity contribution in [1.82, 2.24) is 5.32 Å². The Bertz CT molecular complexity index is 546. The lowest BCUT2D eigenvalue weighted by Crippen LogP contribution is -2.18. The molecule has 1 aliphatic carbocycles. The normalized spacial score (nSPS) is 17.3. The molecular formula is C15H16BrN. The van der Waals surface area contributed by atoms with Gasteiger partial charge in [0, 0.05) is 10.5 Å². The summed E-state index contributed by atoms with van der Waals surface area (Å²) < 4.78 is 1.14. The SMILES string of the molecule is CNC(c1ccc2cc(Br)ccc2c1)C1CC1. The van der Waals surface area contributed by atoms with Crippen molar-refractivity contribution in [2.75, 3.05) is 7.05 Å². The van der Waals surface area contributed by atoms with Crippen LogP contribution in [-0.2, 0) is 0 Å². The fraction of sp³-hybridized carbons (Fsp3) is 0.333. The molecule has 0 heterocycles. The Balaban J connectivity index is 2.03. The van der Waals surface area contributed by atoms with Crippen LogP contribution in [0.2, 0.25) is 0 Å². The maximum absolute atomic E-state index is 3.51. The van der Waals surface area contributed by atoms with Gasteiger partial charge in [-0.1, -0.05) is 34.1 Å². The highest BCUT2D eigenvalue weighted by Gasteiger charge is 2.31. The number of nitrogens with one attached hydrogen (secondary N) is 1. The van der Waals surface area contributed by atoms with Crippen molar-refractivity contribution in [2.24, 2.45) is 5.92 Å². The first-order valence-corrected chi connectivity index (χ1v) is 6.94. The number of benzene rings is 2. The molecule has 0 amide bonds. The van der Waals surface area contributed by atoms with Gasteiger partial charge in [-0.15, -0.1) is 0 Å². The third kappa shape index (κ3) is 2.24. The van der Waals surface area contributed by atoms with Crippen molar-refractivity contribution in [1.29, 1.82) is 0 Å². The van der Waals surface area contributed by atoms with Gasteiger partial charge in [0.25, 0.3) is 0 Å². The molecule has 0 aromatic heterocycles. The van der Waals surface area contributed by atoms with Crippen molar-refractivity contribution < 1.29 is 0 Å². The molecule has 88 valence electrons. The Morgan fingerprint density at radius 1 is 1.12 bits per heavy atom. The Kier molecular flexibility index (Phi) is 2.93. The highest BCUT2D eigenvalue weighted by molar-refractivity contribution is 9.10. The fourth-order valence-electron chi connectivity index (χ4n) is 2.53. The molecule has 1 aliphatic rings. The summed E-state index contributed by atoms with van der Waals surface area (Å²) in [6.45, 7) is 0. The minimum absolute atomic E-state index is 0.531. The van der Waals surface area contributed by atoms with Crippen LogP contribution < -0.4 is 5.32 Å². The average Bonchev–Trinajstić information content (AvgIpc) is 3.15. The van der Waals surface area contributed by atoms with Gasteiger partial charge in [-0.25, -0.2) is 0 Å². The summed E-state index contributed by atoms with van der Waals surface area (Å²) in [4.78, 5) is 0. The Morgan fingerprint density at radius 2 is 1.82 bits per heavy atom. The van der Waals surface area contributed by atoms with E-state index in [0.717, 1.165) is 10.4 Å². The van der Waals surface area contributed by atoms with Crippen LogP contribution in [0.4, 0.5) is 0 Å². The predicted molar refractivity (Wildman–Crippen MR) is 76.2 cm³/mol. The molecule has 1 saturated carbocycles. The highest BCUT2D eigenvalue weighted by atomic mass is 79.9. The molecule has 2 heteroatoms. The standard InChI is InChI=1S/C15H16BrN/c1-17-15(10-2-3-10)13-5-4-12-9-14(16)7-6-11(12)8-13/h4-10,15,17H,2-3H2,1H3. The van der Waals surface area contributed by atoms with Crippen LogP contribution >= 0.6 is 15.9 Å². The maximum Gasteiger partial charge on any atom is 0.0346 e. The van der Waals surface area contributed by atoms with Gasteiger partial charge >= 0.3 is 0 Å². The number of rotatable bonds is 3. The van der Waals surface area contributed by atoms with Crippen LogP contribution in [0.25, 0.3) is 10.8 Å². The molecule has 3 rings (SSSR count). The van der Waals surface area contributed by atoms with E-state index in [4.69, 9.17) is 0 Å². The summed E-state index contributed by atoms with van der Waals surface area (Å²) in [5.74, 6) is 0.841. The molecule has 0 saturated heterocycles. The summed E-state index contributed by atoms with van der Waals surface area (Å²) in [5, 5.41) is 6.07. The zero-order chi connectivity index (χ0) is 11.8. The molecule has 1 nitrogen and oxygen atoms in total. The quantitative estimate of drug-likeness (QED) is 0.890. The van der Waals surface area contributed by atoms with E-state index in [1.165, 1.54) is 29.2 Å². The second kappa shape index (κ2) is 4.43. The van der Waals surface area contributed by atoms with E-state index in [0.29, 0.717) is 6.04 Å². The van der Waals surface area contributed by atoms with E-state index >= 15 is 0 Å². The smallest absolute Gasteiger partial charge is 0.0346 e. The number of hydrogen-bond acceptors (Lipinski definition) is 1. The predicted octanol–water partition coefficient (Wildman–Crippen LogP) is 4.27. The highest BCUT2D eigenvalue weighted by Crippen LogP contribution is 2.41. The number of hydrogen-bond donors (Lipinski definition) is 1. The van der Waals surface area contributed by atoms with Gasteiger partial charge in [-0.3, -0.25) is 0 Å². The molecule has 1 atom stereocenters. The molecular weight excluding hydrogens is 274 g/mol. The fourth-order valence-corrected chi connectivity index (χ4v) is 2.91. The molecule has 1 unspecified atom stereocenters. The topological polar surface area (TPSA) is 12.0 Å². The van der Waals surface area contributed by atoms with Gasteiger partial charge in [-0.2, -0.15) is 0 Å². The van der Waals surface area contributed by atoms with Gasteiger partial charge in [-0.05, 0) is 60.3 Å². The minimum atomic E-state index is 0.531. The summed E-state index contributed by atoms with van der Waals surface area (Å²) in [6.07, 6.45) is 2.73. The van der Waals surface area contributed by atoms with Gasteiger partial charge in [0.05, 0.1) is 0 Å². The van der Waals surface area contributed by atoms with Gasteiger partial charge in [0.2, 0.25) is 0 Å². The lowest BCUT2D eigenvalue weighted by molar-refractivity contribution is 0.529. The van der Waals surface area contributed by atoms with Crippen LogP contribution in [0.5, 0.6) is 0 Å². The second-order valence-electron chi connectivity index (χ2n) is 4.85. The van der Waals surface area contributed by atoms with E-state index < -0.39 is 0 Å².